The van der Waals surface area contributed by atoms with E-state index in [4.69, 9.17) is 0 Å². The Hall–Kier alpha value is -1.72. The van der Waals surface area contributed by atoms with Gasteiger partial charge in [-0.15, -0.1) is 11.3 Å². The van der Waals surface area contributed by atoms with Crippen LogP contribution in [0, 0.1) is 0 Å². The monoisotopic (exact) mass is 272 g/mol. The van der Waals surface area contributed by atoms with Crippen LogP contribution in [0.2, 0.25) is 0 Å². The summed E-state index contributed by atoms with van der Waals surface area (Å²) < 4.78 is 2.02. The molecule has 0 radical (unpaired) electrons. The van der Waals surface area contributed by atoms with Crippen LogP contribution in [0.3, 0.4) is 0 Å². The molecule has 3 heterocycles. The maximum atomic E-state index is 4.67. The topological polar surface area (TPSA) is 42.2 Å². The fourth-order valence-electron chi connectivity index (χ4n) is 2.05. The smallest absolute Gasteiger partial charge is 0.143 e. The molecule has 3 aromatic rings. The van der Waals surface area contributed by atoms with E-state index in [0.29, 0.717) is 0 Å². The Bertz CT molecular complexity index is 652. The first kappa shape index (κ1) is 12.3. The quantitative estimate of drug-likeness (QED) is 0.793. The van der Waals surface area contributed by atoms with Gasteiger partial charge in [-0.2, -0.15) is 0 Å². The SMILES string of the molecule is CCNC(C)c1csc(-c2cn3ccccc3n2)n1. The predicted octanol–water partition coefficient (Wildman–Crippen LogP) is 3.13. The lowest BCUT2D eigenvalue weighted by molar-refractivity contribution is 0.587. The van der Waals surface area contributed by atoms with Crippen LogP contribution in [0.25, 0.3) is 16.3 Å². The highest BCUT2D eigenvalue weighted by Crippen LogP contribution is 2.25. The number of pyridine rings is 1. The van der Waals surface area contributed by atoms with Gasteiger partial charge < -0.3 is 9.72 Å². The zero-order chi connectivity index (χ0) is 13.2. The summed E-state index contributed by atoms with van der Waals surface area (Å²) in [5.74, 6) is 0. The number of nitrogens with zero attached hydrogens (tertiary/aromatic N) is 3. The first-order valence-electron chi connectivity index (χ1n) is 6.41. The Morgan fingerprint density at radius 2 is 2.26 bits per heavy atom. The molecule has 0 aromatic carbocycles. The normalized spacial score (nSPS) is 12.9. The second-order valence-electron chi connectivity index (χ2n) is 4.45. The number of thiazole rings is 1. The number of fused-ring (bicyclic) bond motifs is 1. The van der Waals surface area contributed by atoms with Gasteiger partial charge in [0.05, 0.1) is 5.69 Å². The Labute approximate surface area is 116 Å². The van der Waals surface area contributed by atoms with E-state index in [1.165, 1.54) is 0 Å². The van der Waals surface area contributed by atoms with Gasteiger partial charge in [0.25, 0.3) is 0 Å². The minimum Gasteiger partial charge on any atom is -0.309 e. The predicted molar refractivity (Wildman–Crippen MR) is 78.4 cm³/mol. The van der Waals surface area contributed by atoms with Crippen LogP contribution < -0.4 is 5.32 Å². The highest BCUT2D eigenvalue weighted by Gasteiger charge is 2.12. The summed E-state index contributed by atoms with van der Waals surface area (Å²) in [5, 5.41) is 6.45. The van der Waals surface area contributed by atoms with Gasteiger partial charge in [0.2, 0.25) is 0 Å². The molecule has 5 heteroatoms. The van der Waals surface area contributed by atoms with Crippen LogP contribution >= 0.6 is 11.3 Å². The molecule has 0 aliphatic heterocycles. The molecule has 0 bridgehead atoms. The van der Waals surface area contributed by atoms with E-state index < -0.39 is 0 Å². The fourth-order valence-corrected chi connectivity index (χ4v) is 2.92. The zero-order valence-electron chi connectivity index (χ0n) is 11.0. The molecule has 3 aromatic heterocycles. The van der Waals surface area contributed by atoms with E-state index in [9.17, 15) is 0 Å². The van der Waals surface area contributed by atoms with Crippen molar-refractivity contribution < 1.29 is 0 Å². The minimum atomic E-state index is 0.284. The van der Waals surface area contributed by atoms with Gasteiger partial charge >= 0.3 is 0 Å². The summed E-state index contributed by atoms with van der Waals surface area (Å²) in [6.07, 6.45) is 4.03. The summed E-state index contributed by atoms with van der Waals surface area (Å²) in [6.45, 7) is 5.18. The average molecular weight is 272 g/mol. The van der Waals surface area contributed by atoms with E-state index in [0.717, 1.165) is 28.6 Å². The highest BCUT2D eigenvalue weighted by molar-refractivity contribution is 7.13. The molecule has 98 valence electrons. The molecule has 0 fully saturated rings. The Morgan fingerprint density at radius 1 is 1.37 bits per heavy atom. The molecule has 1 unspecified atom stereocenters. The second kappa shape index (κ2) is 5.11. The van der Waals surface area contributed by atoms with Crippen LogP contribution in [-0.4, -0.2) is 20.9 Å². The van der Waals surface area contributed by atoms with E-state index in [2.05, 4.69) is 34.5 Å². The van der Waals surface area contributed by atoms with Crippen molar-refractivity contribution in [2.24, 2.45) is 0 Å². The van der Waals surface area contributed by atoms with Gasteiger partial charge in [0.1, 0.15) is 16.3 Å². The van der Waals surface area contributed by atoms with Gasteiger partial charge in [-0.3, -0.25) is 0 Å². The molecule has 1 N–H and O–H groups in total. The summed E-state index contributed by atoms with van der Waals surface area (Å²) in [6, 6.07) is 6.28. The minimum absolute atomic E-state index is 0.284. The van der Waals surface area contributed by atoms with E-state index in [1.54, 1.807) is 11.3 Å². The molecule has 1 atom stereocenters. The largest absolute Gasteiger partial charge is 0.309 e. The van der Waals surface area contributed by atoms with Crippen molar-refractivity contribution >= 4 is 17.0 Å². The van der Waals surface area contributed by atoms with E-state index in [-0.39, 0.29) is 6.04 Å². The van der Waals surface area contributed by atoms with Gasteiger partial charge in [-0.05, 0) is 25.6 Å². The summed E-state index contributed by atoms with van der Waals surface area (Å²) in [4.78, 5) is 9.27. The van der Waals surface area contributed by atoms with Crippen LogP contribution in [-0.2, 0) is 0 Å². The van der Waals surface area contributed by atoms with E-state index in [1.807, 2.05) is 35.0 Å². The van der Waals surface area contributed by atoms with Crippen molar-refractivity contribution in [2.75, 3.05) is 6.54 Å². The number of hydrogen-bond donors (Lipinski definition) is 1. The lowest BCUT2D eigenvalue weighted by Gasteiger charge is -2.07. The summed E-state index contributed by atoms with van der Waals surface area (Å²) in [7, 11) is 0. The zero-order valence-corrected chi connectivity index (χ0v) is 11.8. The van der Waals surface area contributed by atoms with Gasteiger partial charge in [-0.1, -0.05) is 13.0 Å². The van der Waals surface area contributed by atoms with Crippen molar-refractivity contribution in [1.29, 1.82) is 0 Å². The third-order valence-electron chi connectivity index (χ3n) is 3.06. The summed E-state index contributed by atoms with van der Waals surface area (Å²) >= 11 is 1.65. The number of hydrogen-bond acceptors (Lipinski definition) is 4. The van der Waals surface area contributed by atoms with Gasteiger partial charge in [0, 0.05) is 23.8 Å². The molecule has 0 aliphatic carbocycles. The highest BCUT2D eigenvalue weighted by atomic mass is 32.1. The van der Waals surface area contributed by atoms with Crippen LogP contribution in [0.1, 0.15) is 25.6 Å². The molecule has 19 heavy (non-hydrogen) atoms. The van der Waals surface area contributed by atoms with Gasteiger partial charge in [-0.25, -0.2) is 9.97 Å². The maximum Gasteiger partial charge on any atom is 0.143 e. The molecule has 4 nitrogen and oxygen atoms in total. The molecule has 0 saturated carbocycles. The molecular weight excluding hydrogens is 256 g/mol. The van der Waals surface area contributed by atoms with Crippen LogP contribution in [0.4, 0.5) is 0 Å². The maximum absolute atomic E-state index is 4.67. The number of nitrogens with one attached hydrogen (secondary N) is 1. The Kier molecular flexibility index (Phi) is 3.31. The number of imidazole rings is 1. The first-order valence-corrected chi connectivity index (χ1v) is 7.29. The lowest BCUT2D eigenvalue weighted by atomic mass is 10.2. The van der Waals surface area contributed by atoms with Crippen molar-refractivity contribution in [3.05, 3.63) is 41.7 Å². The number of rotatable bonds is 4. The summed E-state index contributed by atoms with van der Waals surface area (Å²) in [5.41, 5.74) is 2.97. The molecule has 0 amide bonds. The van der Waals surface area contributed by atoms with Crippen LogP contribution in [0.15, 0.2) is 36.0 Å². The molecule has 0 spiro atoms. The molecule has 0 saturated heterocycles. The van der Waals surface area contributed by atoms with E-state index >= 15 is 0 Å². The molecular formula is C14H16N4S. The molecule has 3 rings (SSSR count). The second-order valence-corrected chi connectivity index (χ2v) is 5.31. The van der Waals surface area contributed by atoms with Crippen LogP contribution in [0.5, 0.6) is 0 Å². The first-order chi connectivity index (χ1) is 9.28. The Balaban J connectivity index is 1.93. The molecule has 0 aliphatic rings. The Morgan fingerprint density at radius 3 is 3.05 bits per heavy atom. The van der Waals surface area contributed by atoms with Crippen molar-refractivity contribution in [3.8, 4) is 10.7 Å². The van der Waals surface area contributed by atoms with Gasteiger partial charge in [0.15, 0.2) is 0 Å². The van der Waals surface area contributed by atoms with Crippen molar-refractivity contribution in [1.82, 2.24) is 19.7 Å². The number of aromatic nitrogens is 3. The third kappa shape index (κ3) is 2.39. The lowest BCUT2D eigenvalue weighted by Crippen LogP contribution is -2.17. The van der Waals surface area contributed by atoms with Crippen molar-refractivity contribution in [3.63, 3.8) is 0 Å². The fraction of sp³-hybridized carbons (Fsp3) is 0.286. The average Bonchev–Trinajstić information content (AvgIpc) is 3.05. The van der Waals surface area contributed by atoms with Crippen molar-refractivity contribution in [2.45, 2.75) is 19.9 Å². The third-order valence-corrected chi connectivity index (χ3v) is 3.94. The standard InChI is InChI=1S/C14H16N4S/c1-3-15-10(2)12-9-19-14(17-12)11-8-18-7-5-4-6-13(18)16-11/h4-10,15H,3H2,1-2H3.